The normalized spacial score (nSPS) is 17.6. The lowest BCUT2D eigenvalue weighted by atomic mass is 9.90. The van der Waals surface area contributed by atoms with E-state index >= 15 is 0 Å². The molecule has 1 fully saturated rings. The molecular formula is C17H25BrClN3O2. The molecule has 0 saturated carbocycles. The second-order valence-corrected chi connectivity index (χ2v) is 7.28. The van der Waals surface area contributed by atoms with Gasteiger partial charge in [-0.25, -0.2) is 0 Å². The molecule has 134 valence electrons. The van der Waals surface area contributed by atoms with E-state index in [2.05, 4.69) is 15.9 Å². The first-order valence-corrected chi connectivity index (χ1v) is 8.60. The molecule has 1 unspecified atom stereocenters. The highest BCUT2D eigenvalue weighted by Crippen LogP contribution is 2.25. The standard InChI is InChI=1S/C17H24BrN3O2.ClH/c1-12(22)20(3)15-8-10-21(11-9-15)16(23)17(2,19)13-4-6-14(18)7-5-13;/h4-7,15H,8-11,19H2,1-3H3;1H. The molecule has 24 heavy (non-hydrogen) atoms. The Morgan fingerprint density at radius 2 is 1.75 bits per heavy atom. The Kier molecular flexibility index (Phi) is 7.25. The van der Waals surface area contributed by atoms with Crippen molar-refractivity contribution < 1.29 is 9.59 Å². The van der Waals surface area contributed by atoms with Gasteiger partial charge >= 0.3 is 0 Å². The summed E-state index contributed by atoms with van der Waals surface area (Å²) in [4.78, 5) is 27.9. The van der Waals surface area contributed by atoms with Crippen molar-refractivity contribution in [3.63, 3.8) is 0 Å². The topological polar surface area (TPSA) is 66.6 Å². The molecule has 1 aliphatic heterocycles. The van der Waals surface area contributed by atoms with Crippen LogP contribution in [0.15, 0.2) is 28.7 Å². The molecule has 0 spiro atoms. The van der Waals surface area contributed by atoms with Crippen LogP contribution < -0.4 is 5.73 Å². The molecular weight excluding hydrogens is 394 g/mol. The largest absolute Gasteiger partial charge is 0.343 e. The Hall–Kier alpha value is -1.11. The van der Waals surface area contributed by atoms with Gasteiger partial charge in [-0.3, -0.25) is 9.59 Å². The predicted octanol–water partition coefficient (Wildman–Crippen LogP) is 2.51. The summed E-state index contributed by atoms with van der Waals surface area (Å²) < 4.78 is 0.956. The van der Waals surface area contributed by atoms with Crippen LogP contribution in [0.4, 0.5) is 0 Å². The van der Waals surface area contributed by atoms with Crippen molar-refractivity contribution >= 4 is 40.2 Å². The van der Waals surface area contributed by atoms with E-state index in [9.17, 15) is 9.59 Å². The third kappa shape index (κ3) is 4.49. The van der Waals surface area contributed by atoms with Crippen LogP contribution in [0.5, 0.6) is 0 Å². The zero-order chi connectivity index (χ0) is 17.2. The fourth-order valence-electron chi connectivity index (χ4n) is 2.96. The van der Waals surface area contributed by atoms with E-state index in [0.29, 0.717) is 13.1 Å². The molecule has 0 aromatic heterocycles. The highest BCUT2D eigenvalue weighted by molar-refractivity contribution is 9.10. The van der Waals surface area contributed by atoms with E-state index in [1.807, 2.05) is 36.2 Å². The molecule has 0 bridgehead atoms. The van der Waals surface area contributed by atoms with Crippen LogP contribution >= 0.6 is 28.3 Å². The van der Waals surface area contributed by atoms with Crippen molar-refractivity contribution in [1.29, 1.82) is 0 Å². The number of carbonyl (C=O) groups is 2. The average Bonchev–Trinajstić information content (AvgIpc) is 2.54. The lowest BCUT2D eigenvalue weighted by molar-refractivity contribution is -0.139. The van der Waals surface area contributed by atoms with Gasteiger partial charge in [0.25, 0.3) is 0 Å². The number of benzene rings is 1. The van der Waals surface area contributed by atoms with Crippen LogP contribution in [0, 0.1) is 0 Å². The summed E-state index contributed by atoms with van der Waals surface area (Å²) in [6, 6.07) is 7.73. The Morgan fingerprint density at radius 3 is 2.21 bits per heavy atom. The Bertz CT molecular complexity index is 584. The monoisotopic (exact) mass is 417 g/mol. The summed E-state index contributed by atoms with van der Waals surface area (Å²) in [7, 11) is 1.82. The number of nitrogens with two attached hydrogens (primary N) is 1. The van der Waals surface area contributed by atoms with Crippen LogP contribution in [-0.2, 0) is 15.1 Å². The van der Waals surface area contributed by atoms with Crippen LogP contribution in [0.2, 0.25) is 0 Å². The maximum Gasteiger partial charge on any atom is 0.246 e. The first-order valence-electron chi connectivity index (χ1n) is 7.81. The maximum atomic E-state index is 12.8. The van der Waals surface area contributed by atoms with Gasteiger partial charge < -0.3 is 15.5 Å². The molecule has 2 N–H and O–H groups in total. The van der Waals surface area contributed by atoms with Crippen LogP contribution in [0.25, 0.3) is 0 Å². The molecule has 0 aliphatic carbocycles. The molecule has 1 heterocycles. The number of rotatable bonds is 3. The van der Waals surface area contributed by atoms with Gasteiger partial charge in [-0.05, 0) is 37.5 Å². The summed E-state index contributed by atoms with van der Waals surface area (Å²) in [5.74, 6) is -0.00273. The average molecular weight is 419 g/mol. The first kappa shape index (κ1) is 20.9. The minimum absolute atomic E-state index is 0. The van der Waals surface area contributed by atoms with Crippen molar-refractivity contribution in [2.24, 2.45) is 5.73 Å². The fourth-order valence-corrected chi connectivity index (χ4v) is 3.23. The van der Waals surface area contributed by atoms with Crippen molar-refractivity contribution in [2.75, 3.05) is 20.1 Å². The molecule has 1 aromatic rings. The quantitative estimate of drug-likeness (QED) is 0.820. The molecule has 1 atom stereocenters. The van der Waals surface area contributed by atoms with Gasteiger partial charge in [0.05, 0.1) is 0 Å². The fraction of sp³-hybridized carbons (Fsp3) is 0.529. The van der Waals surface area contributed by atoms with Crippen molar-refractivity contribution in [2.45, 2.75) is 38.3 Å². The van der Waals surface area contributed by atoms with Crippen LogP contribution in [-0.4, -0.2) is 47.8 Å². The maximum absolute atomic E-state index is 12.8. The zero-order valence-corrected chi connectivity index (χ0v) is 16.7. The first-order chi connectivity index (χ1) is 10.7. The van der Waals surface area contributed by atoms with Gasteiger partial charge in [0.15, 0.2) is 0 Å². The molecule has 5 nitrogen and oxygen atoms in total. The number of carbonyl (C=O) groups excluding carboxylic acids is 2. The zero-order valence-electron chi connectivity index (χ0n) is 14.3. The van der Waals surface area contributed by atoms with E-state index in [1.54, 1.807) is 18.7 Å². The second kappa shape index (κ2) is 8.32. The lowest BCUT2D eigenvalue weighted by Gasteiger charge is -2.39. The van der Waals surface area contributed by atoms with Crippen molar-refractivity contribution in [3.8, 4) is 0 Å². The Morgan fingerprint density at radius 1 is 1.25 bits per heavy atom. The number of amides is 2. The molecule has 2 amide bonds. The van der Waals surface area contributed by atoms with Gasteiger partial charge in [-0.15, -0.1) is 12.4 Å². The molecule has 1 saturated heterocycles. The van der Waals surface area contributed by atoms with E-state index in [1.165, 1.54) is 0 Å². The smallest absolute Gasteiger partial charge is 0.246 e. The number of hydrogen-bond donors (Lipinski definition) is 1. The summed E-state index contributed by atoms with van der Waals surface area (Å²) in [6.07, 6.45) is 1.58. The Balaban J connectivity index is 0.00000288. The summed E-state index contributed by atoms with van der Waals surface area (Å²) >= 11 is 3.39. The third-order valence-corrected chi connectivity index (χ3v) is 5.21. The second-order valence-electron chi connectivity index (χ2n) is 6.36. The van der Waals surface area contributed by atoms with E-state index in [-0.39, 0.29) is 30.3 Å². The van der Waals surface area contributed by atoms with E-state index in [4.69, 9.17) is 5.73 Å². The van der Waals surface area contributed by atoms with Gasteiger partial charge in [-0.1, -0.05) is 28.1 Å². The van der Waals surface area contributed by atoms with Gasteiger partial charge in [0.1, 0.15) is 5.54 Å². The number of likely N-dealkylation sites (tertiary alicyclic amines) is 1. The number of hydrogen-bond acceptors (Lipinski definition) is 3. The third-order valence-electron chi connectivity index (χ3n) is 4.68. The van der Waals surface area contributed by atoms with Gasteiger partial charge in [0, 0.05) is 37.6 Å². The predicted molar refractivity (Wildman–Crippen MR) is 101 cm³/mol. The molecule has 1 aliphatic rings. The Labute approximate surface area is 158 Å². The highest BCUT2D eigenvalue weighted by atomic mass is 79.9. The molecule has 2 rings (SSSR count). The minimum Gasteiger partial charge on any atom is -0.343 e. The van der Waals surface area contributed by atoms with Crippen molar-refractivity contribution in [3.05, 3.63) is 34.3 Å². The number of piperidine rings is 1. The van der Waals surface area contributed by atoms with Gasteiger partial charge in [-0.2, -0.15) is 0 Å². The number of halogens is 2. The summed E-state index contributed by atoms with van der Waals surface area (Å²) in [6.45, 7) is 4.59. The van der Waals surface area contributed by atoms with E-state index in [0.717, 1.165) is 22.9 Å². The minimum atomic E-state index is -1.04. The SMILES string of the molecule is CC(=O)N(C)C1CCN(C(=O)C(C)(N)c2ccc(Br)cc2)CC1.Cl. The molecule has 1 aromatic carbocycles. The summed E-state index contributed by atoms with van der Waals surface area (Å²) in [5, 5.41) is 0. The number of nitrogens with zero attached hydrogens (tertiary/aromatic N) is 2. The van der Waals surface area contributed by atoms with Crippen LogP contribution in [0.3, 0.4) is 0 Å². The molecule has 0 radical (unpaired) electrons. The lowest BCUT2D eigenvalue weighted by Crippen LogP contribution is -2.55. The van der Waals surface area contributed by atoms with Gasteiger partial charge in [0.2, 0.25) is 11.8 Å². The van der Waals surface area contributed by atoms with E-state index < -0.39 is 5.54 Å². The highest BCUT2D eigenvalue weighted by Gasteiger charge is 2.36. The van der Waals surface area contributed by atoms with Crippen LogP contribution in [0.1, 0.15) is 32.3 Å². The molecule has 7 heteroatoms. The van der Waals surface area contributed by atoms with Crippen molar-refractivity contribution in [1.82, 2.24) is 9.80 Å². The summed E-state index contributed by atoms with van der Waals surface area (Å²) in [5.41, 5.74) is 6.09.